The summed E-state index contributed by atoms with van der Waals surface area (Å²) in [6.07, 6.45) is 0.638. The van der Waals surface area contributed by atoms with Gasteiger partial charge in [-0.2, -0.15) is 4.98 Å². The Bertz CT molecular complexity index is 608. The highest BCUT2D eigenvalue weighted by Gasteiger charge is 2.07. The second-order valence-electron chi connectivity index (χ2n) is 3.87. The van der Waals surface area contributed by atoms with Gasteiger partial charge in [0.25, 0.3) is 5.56 Å². The van der Waals surface area contributed by atoms with Crippen molar-refractivity contribution >= 4 is 0 Å². The van der Waals surface area contributed by atoms with Crippen LogP contribution in [0.4, 0.5) is 0 Å². The summed E-state index contributed by atoms with van der Waals surface area (Å²) in [5.41, 5.74) is -0.226. The normalized spacial score (nSPS) is 10.2. The van der Waals surface area contributed by atoms with E-state index in [2.05, 4.69) is 9.97 Å². The van der Waals surface area contributed by atoms with E-state index in [9.17, 15) is 4.79 Å². The van der Waals surface area contributed by atoms with E-state index < -0.39 is 0 Å². The molecule has 0 saturated heterocycles. The second-order valence-corrected chi connectivity index (χ2v) is 3.87. The molecule has 0 atom stereocenters. The van der Waals surface area contributed by atoms with Crippen LogP contribution in [0.25, 0.3) is 0 Å². The maximum Gasteiger partial charge on any atom is 0.254 e. The first-order valence-electron chi connectivity index (χ1n) is 6.22. The van der Waals surface area contributed by atoms with Crippen LogP contribution in [0.15, 0.2) is 35.1 Å². The van der Waals surface area contributed by atoms with Gasteiger partial charge in [0.05, 0.1) is 12.7 Å². The molecule has 0 saturated carbocycles. The van der Waals surface area contributed by atoms with Crippen LogP contribution in [-0.2, 0) is 6.42 Å². The molecule has 0 amide bonds. The molecule has 1 aromatic carbocycles. The van der Waals surface area contributed by atoms with Crippen molar-refractivity contribution in [2.45, 2.75) is 20.3 Å². The van der Waals surface area contributed by atoms with Crippen molar-refractivity contribution in [3.8, 4) is 17.4 Å². The van der Waals surface area contributed by atoms with E-state index >= 15 is 0 Å². The Hall–Kier alpha value is -2.30. The summed E-state index contributed by atoms with van der Waals surface area (Å²) in [7, 11) is 0. The first kappa shape index (κ1) is 13.1. The van der Waals surface area contributed by atoms with E-state index in [1.807, 2.05) is 32.0 Å². The summed E-state index contributed by atoms with van der Waals surface area (Å²) >= 11 is 0. The van der Waals surface area contributed by atoms with E-state index in [0.717, 1.165) is 0 Å². The van der Waals surface area contributed by atoms with Crippen molar-refractivity contribution in [2.75, 3.05) is 6.61 Å². The number of para-hydroxylation sites is 2. The van der Waals surface area contributed by atoms with E-state index in [1.54, 1.807) is 6.07 Å². The molecule has 0 aliphatic rings. The highest BCUT2D eigenvalue weighted by atomic mass is 16.5. The molecule has 5 nitrogen and oxygen atoms in total. The lowest BCUT2D eigenvalue weighted by atomic mass is 10.3. The third-order valence-corrected chi connectivity index (χ3v) is 2.47. The Kier molecular flexibility index (Phi) is 4.18. The smallest absolute Gasteiger partial charge is 0.254 e. The quantitative estimate of drug-likeness (QED) is 0.897. The van der Waals surface area contributed by atoms with Crippen LogP contribution in [-0.4, -0.2) is 16.6 Å². The summed E-state index contributed by atoms with van der Waals surface area (Å²) in [5.74, 6) is 2.04. The van der Waals surface area contributed by atoms with Crippen molar-refractivity contribution < 1.29 is 9.47 Å². The molecule has 0 fully saturated rings. The Labute approximate surface area is 111 Å². The van der Waals surface area contributed by atoms with Crippen LogP contribution >= 0.6 is 0 Å². The number of hydrogen-bond donors (Lipinski definition) is 1. The van der Waals surface area contributed by atoms with Gasteiger partial charge in [-0.05, 0) is 19.1 Å². The molecule has 0 spiro atoms. The average molecular weight is 260 g/mol. The Morgan fingerprint density at radius 2 is 1.95 bits per heavy atom. The summed E-state index contributed by atoms with van der Waals surface area (Å²) in [6, 6.07) is 8.61. The summed E-state index contributed by atoms with van der Waals surface area (Å²) in [5, 5.41) is 0. The van der Waals surface area contributed by atoms with Gasteiger partial charge >= 0.3 is 0 Å². The average Bonchev–Trinajstić information content (AvgIpc) is 2.40. The predicted molar refractivity (Wildman–Crippen MR) is 71.9 cm³/mol. The van der Waals surface area contributed by atoms with Gasteiger partial charge in [-0.25, -0.2) is 0 Å². The zero-order valence-corrected chi connectivity index (χ0v) is 11.0. The molecule has 0 radical (unpaired) electrons. The molecule has 0 aliphatic heterocycles. The first-order chi connectivity index (χ1) is 9.22. The van der Waals surface area contributed by atoms with E-state index in [-0.39, 0.29) is 11.4 Å². The molecule has 5 heteroatoms. The molecule has 19 heavy (non-hydrogen) atoms. The van der Waals surface area contributed by atoms with Crippen molar-refractivity contribution in [1.82, 2.24) is 9.97 Å². The van der Waals surface area contributed by atoms with Crippen LogP contribution in [0.3, 0.4) is 0 Å². The van der Waals surface area contributed by atoms with Gasteiger partial charge in [-0.15, -0.1) is 0 Å². The molecular weight excluding hydrogens is 244 g/mol. The molecular formula is C14H16N2O3. The molecule has 0 aliphatic carbocycles. The first-order valence-corrected chi connectivity index (χ1v) is 6.22. The van der Waals surface area contributed by atoms with Crippen LogP contribution in [0, 0.1) is 0 Å². The van der Waals surface area contributed by atoms with Gasteiger partial charge in [-0.1, -0.05) is 19.1 Å². The molecule has 1 N–H and O–H groups in total. The van der Waals surface area contributed by atoms with Crippen molar-refractivity contribution in [1.29, 1.82) is 0 Å². The topological polar surface area (TPSA) is 64.2 Å². The van der Waals surface area contributed by atoms with Gasteiger partial charge in [0, 0.05) is 6.42 Å². The third-order valence-electron chi connectivity index (χ3n) is 2.47. The highest BCUT2D eigenvalue weighted by Crippen LogP contribution is 2.29. The number of nitrogens with one attached hydrogen (secondary N) is 1. The molecule has 2 aromatic rings. The fourth-order valence-corrected chi connectivity index (χ4v) is 1.63. The lowest BCUT2D eigenvalue weighted by Gasteiger charge is -2.10. The Morgan fingerprint density at radius 3 is 2.63 bits per heavy atom. The minimum atomic E-state index is -0.226. The summed E-state index contributed by atoms with van der Waals surface area (Å²) in [4.78, 5) is 18.3. The monoisotopic (exact) mass is 260 g/mol. The van der Waals surface area contributed by atoms with Crippen molar-refractivity contribution in [3.05, 3.63) is 46.5 Å². The molecule has 1 heterocycles. The number of hydrogen-bond acceptors (Lipinski definition) is 4. The number of aromatic nitrogens is 2. The van der Waals surface area contributed by atoms with Crippen LogP contribution in [0.1, 0.15) is 19.7 Å². The number of nitrogens with zero attached hydrogens (tertiary/aromatic N) is 1. The predicted octanol–water partition coefficient (Wildman–Crippen LogP) is 2.52. The number of ether oxygens (including phenoxy) is 2. The third kappa shape index (κ3) is 3.34. The number of rotatable bonds is 5. The largest absolute Gasteiger partial charge is 0.490 e. The maximum atomic E-state index is 11.5. The molecule has 0 bridgehead atoms. The van der Waals surface area contributed by atoms with Crippen LogP contribution < -0.4 is 15.0 Å². The van der Waals surface area contributed by atoms with Crippen LogP contribution in [0.5, 0.6) is 17.4 Å². The minimum absolute atomic E-state index is 0.226. The lowest BCUT2D eigenvalue weighted by Crippen LogP contribution is -2.10. The summed E-state index contributed by atoms with van der Waals surface area (Å²) < 4.78 is 11.1. The zero-order valence-electron chi connectivity index (χ0n) is 11.0. The van der Waals surface area contributed by atoms with Gasteiger partial charge in [0.1, 0.15) is 5.82 Å². The van der Waals surface area contributed by atoms with E-state index in [0.29, 0.717) is 30.4 Å². The number of aromatic amines is 1. The van der Waals surface area contributed by atoms with Crippen molar-refractivity contribution in [2.24, 2.45) is 0 Å². The summed E-state index contributed by atoms with van der Waals surface area (Å²) in [6.45, 7) is 4.36. The molecule has 100 valence electrons. The SMILES string of the molecule is CCOc1ccccc1Oc1cc(=O)[nH]c(CC)n1. The van der Waals surface area contributed by atoms with Gasteiger partial charge in [-0.3, -0.25) is 4.79 Å². The second kappa shape index (κ2) is 6.04. The Balaban J connectivity index is 2.30. The minimum Gasteiger partial charge on any atom is -0.490 e. The number of aryl methyl sites for hydroxylation is 1. The lowest BCUT2D eigenvalue weighted by molar-refractivity contribution is 0.319. The maximum absolute atomic E-state index is 11.5. The van der Waals surface area contributed by atoms with Gasteiger partial charge in [0.2, 0.25) is 5.88 Å². The fourth-order valence-electron chi connectivity index (χ4n) is 1.63. The van der Waals surface area contributed by atoms with E-state index in [4.69, 9.17) is 9.47 Å². The number of H-pyrrole nitrogens is 1. The Morgan fingerprint density at radius 1 is 1.21 bits per heavy atom. The van der Waals surface area contributed by atoms with Gasteiger partial charge < -0.3 is 14.5 Å². The fraction of sp³-hybridized carbons (Fsp3) is 0.286. The molecule has 0 unspecified atom stereocenters. The van der Waals surface area contributed by atoms with Gasteiger partial charge in [0.15, 0.2) is 11.5 Å². The van der Waals surface area contributed by atoms with Crippen molar-refractivity contribution in [3.63, 3.8) is 0 Å². The highest BCUT2D eigenvalue weighted by molar-refractivity contribution is 5.41. The molecule has 2 rings (SSSR count). The molecule has 1 aromatic heterocycles. The zero-order chi connectivity index (χ0) is 13.7. The van der Waals surface area contributed by atoms with E-state index in [1.165, 1.54) is 6.07 Å². The number of benzene rings is 1. The standard InChI is InChI=1S/C14H16N2O3/c1-3-12-15-13(17)9-14(16-12)19-11-8-6-5-7-10(11)18-4-2/h5-9H,3-4H2,1-2H3,(H,15,16,17). The van der Waals surface area contributed by atoms with Crippen LogP contribution in [0.2, 0.25) is 0 Å².